The Hall–Kier alpha value is -1.43. The molecule has 0 aromatic heterocycles. The van der Waals surface area contributed by atoms with Crippen LogP contribution in [-0.4, -0.2) is 47.6 Å². The van der Waals surface area contributed by atoms with Gasteiger partial charge in [0.15, 0.2) is 0 Å². The first kappa shape index (κ1) is 15.0. The number of amides is 2. The van der Waals surface area contributed by atoms with Crippen molar-refractivity contribution in [3.8, 4) is 0 Å². The van der Waals surface area contributed by atoms with Gasteiger partial charge in [0, 0.05) is 13.1 Å². The number of hydrogen-bond donors (Lipinski definition) is 2. The molecule has 0 aliphatic carbocycles. The van der Waals surface area contributed by atoms with Crippen molar-refractivity contribution in [2.75, 3.05) is 19.6 Å². The zero-order chi connectivity index (χ0) is 14.5. The van der Waals surface area contributed by atoms with Crippen molar-refractivity contribution >= 4 is 23.4 Å². The number of nitrogens with one attached hydrogen (secondary N) is 1. The second kappa shape index (κ2) is 6.83. The first-order chi connectivity index (χ1) is 9.56. The van der Waals surface area contributed by atoms with Crippen LogP contribution < -0.4 is 5.32 Å². The lowest BCUT2D eigenvalue weighted by molar-refractivity contribution is -0.121. The number of nitrogens with zero attached hydrogens (tertiary/aromatic N) is 1. The molecule has 2 N–H and O–H groups in total. The summed E-state index contributed by atoms with van der Waals surface area (Å²) < 4.78 is 0. The van der Waals surface area contributed by atoms with Gasteiger partial charge in [-0.25, -0.2) is 0 Å². The molecule has 1 aliphatic rings. The molecule has 0 unspecified atom stereocenters. The molecule has 0 radical (unpaired) electrons. The third-order valence-electron chi connectivity index (χ3n) is 3.30. The van der Waals surface area contributed by atoms with Crippen molar-refractivity contribution in [3.05, 3.63) is 34.9 Å². The molecule has 5 nitrogen and oxygen atoms in total. The summed E-state index contributed by atoms with van der Waals surface area (Å²) in [5, 5.41) is 12.0. The van der Waals surface area contributed by atoms with Crippen LogP contribution in [-0.2, 0) is 4.79 Å². The van der Waals surface area contributed by atoms with E-state index >= 15 is 0 Å². The molecule has 0 saturated carbocycles. The molecular weight excluding hydrogens is 280 g/mol. The number of rotatable bonds is 3. The second-order valence-corrected chi connectivity index (χ2v) is 5.27. The Balaban J connectivity index is 1.85. The van der Waals surface area contributed by atoms with Gasteiger partial charge in [-0.05, 0) is 25.0 Å². The highest BCUT2D eigenvalue weighted by molar-refractivity contribution is 6.34. The van der Waals surface area contributed by atoms with Crippen LogP contribution in [0.1, 0.15) is 23.2 Å². The topological polar surface area (TPSA) is 69.6 Å². The lowest BCUT2D eigenvalue weighted by Crippen LogP contribution is -2.44. The number of likely N-dealkylation sites (tertiary alicyclic amines) is 1. The predicted octanol–water partition coefficient (Wildman–Crippen LogP) is 1.05. The van der Waals surface area contributed by atoms with Gasteiger partial charge in [0.1, 0.15) is 0 Å². The molecule has 2 amide bonds. The normalized spacial score (nSPS) is 16.9. The minimum Gasteiger partial charge on any atom is -0.393 e. The minimum atomic E-state index is -0.488. The number of carbonyl (C=O) groups is 2. The molecule has 1 aliphatic heterocycles. The average Bonchev–Trinajstić information content (AvgIpc) is 2.41. The number of imide groups is 1. The van der Waals surface area contributed by atoms with Crippen molar-refractivity contribution in [3.63, 3.8) is 0 Å². The van der Waals surface area contributed by atoms with Gasteiger partial charge >= 0.3 is 0 Å². The Kier molecular flexibility index (Phi) is 5.11. The Labute approximate surface area is 122 Å². The molecule has 2 rings (SSSR count). The molecule has 108 valence electrons. The molecule has 0 spiro atoms. The van der Waals surface area contributed by atoms with E-state index in [-0.39, 0.29) is 24.1 Å². The number of aliphatic hydroxyl groups is 1. The average molecular weight is 297 g/mol. The van der Waals surface area contributed by atoms with Crippen LogP contribution in [0.5, 0.6) is 0 Å². The molecule has 1 saturated heterocycles. The lowest BCUT2D eigenvalue weighted by atomic mass is 10.1. The van der Waals surface area contributed by atoms with E-state index in [1.807, 2.05) is 4.90 Å². The van der Waals surface area contributed by atoms with Gasteiger partial charge in [-0.2, -0.15) is 0 Å². The maximum atomic E-state index is 11.9. The zero-order valence-electron chi connectivity index (χ0n) is 11.0. The van der Waals surface area contributed by atoms with Crippen molar-refractivity contribution in [2.45, 2.75) is 18.9 Å². The molecule has 1 aromatic rings. The SMILES string of the molecule is O=C(CN1CCC(O)CC1)NC(=O)c1ccccc1Cl. The minimum absolute atomic E-state index is 0.156. The summed E-state index contributed by atoms with van der Waals surface area (Å²) in [6, 6.07) is 6.59. The van der Waals surface area contributed by atoms with E-state index in [1.54, 1.807) is 24.3 Å². The molecule has 1 fully saturated rings. The standard InChI is InChI=1S/C14H17ClN2O3/c15-12-4-2-1-3-11(12)14(20)16-13(19)9-17-7-5-10(18)6-8-17/h1-4,10,18H,5-9H2,(H,16,19,20). The van der Waals surface area contributed by atoms with Crippen LogP contribution >= 0.6 is 11.6 Å². The van der Waals surface area contributed by atoms with Crippen molar-refractivity contribution in [1.29, 1.82) is 0 Å². The van der Waals surface area contributed by atoms with E-state index < -0.39 is 5.91 Å². The van der Waals surface area contributed by atoms with Gasteiger partial charge in [-0.1, -0.05) is 23.7 Å². The van der Waals surface area contributed by atoms with Crippen LogP contribution in [0, 0.1) is 0 Å². The first-order valence-electron chi connectivity index (χ1n) is 6.55. The van der Waals surface area contributed by atoms with Gasteiger partial charge < -0.3 is 5.11 Å². The number of halogens is 1. The number of piperidine rings is 1. The predicted molar refractivity (Wildman–Crippen MR) is 75.6 cm³/mol. The highest BCUT2D eigenvalue weighted by Crippen LogP contribution is 2.14. The number of benzene rings is 1. The highest BCUT2D eigenvalue weighted by Gasteiger charge is 2.20. The Morgan fingerprint density at radius 2 is 1.95 bits per heavy atom. The van der Waals surface area contributed by atoms with E-state index in [0.29, 0.717) is 31.0 Å². The number of hydrogen-bond acceptors (Lipinski definition) is 4. The maximum absolute atomic E-state index is 11.9. The summed E-state index contributed by atoms with van der Waals surface area (Å²) in [6.45, 7) is 1.48. The van der Waals surface area contributed by atoms with Crippen molar-refractivity contribution in [2.24, 2.45) is 0 Å². The first-order valence-corrected chi connectivity index (χ1v) is 6.93. The quantitative estimate of drug-likeness (QED) is 0.875. The molecule has 1 heterocycles. The lowest BCUT2D eigenvalue weighted by Gasteiger charge is -2.28. The molecule has 0 atom stereocenters. The van der Waals surface area contributed by atoms with Crippen LogP contribution in [0.2, 0.25) is 5.02 Å². The van der Waals surface area contributed by atoms with Crippen molar-refractivity contribution in [1.82, 2.24) is 10.2 Å². The van der Waals surface area contributed by atoms with Gasteiger partial charge in [-0.15, -0.1) is 0 Å². The maximum Gasteiger partial charge on any atom is 0.259 e. The number of aliphatic hydroxyl groups excluding tert-OH is 1. The summed E-state index contributed by atoms with van der Waals surface area (Å²) in [5.41, 5.74) is 0.289. The third kappa shape index (κ3) is 4.03. The summed E-state index contributed by atoms with van der Waals surface area (Å²) in [6.07, 6.45) is 1.04. The molecule has 6 heteroatoms. The van der Waals surface area contributed by atoms with E-state index in [9.17, 15) is 14.7 Å². The Morgan fingerprint density at radius 3 is 2.60 bits per heavy atom. The van der Waals surface area contributed by atoms with E-state index in [0.717, 1.165) is 0 Å². The number of carbonyl (C=O) groups excluding carboxylic acids is 2. The zero-order valence-corrected chi connectivity index (χ0v) is 11.8. The summed E-state index contributed by atoms with van der Waals surface area (Å²) >= 11 is 5.90. The fraction of sp³-hybridized carbons (Fsp3) is 0.429. The summed E-state index contributed by atoms with van der Waals surface area (Å²) in [5.74, 6) is -0.844. The van der Waals surface area contributed by atoms with Gasteiger partial charge in [0.05, 0.1) is 23.2 Å². The summed E-state index contributed by atoms with van der Waals surface area (Å²) in [4.78, 5) is 25.6. The molecular formula is C14H17ClN2O3. The van der Waals surface area contributed by atoms with Gasteiger partial charge in [-0.3, -0.25) is 19.8 Å². The molecule has 20 heavy (non-hydrogen) atoms. The van der Waals surface area contributed by atoms with E-state index in [2.05, 4.69) is 5.32 Å². The second-order valence-electron chi connectivity index (χ2n) is 4.86. The van der Waals surface area contributed by atoms with Crippen molar-refractivity contribution < 1.29 is 14.7 Å². The fourth-order valence-electron chi connectivity index (χ4n) is 2.16. The van der Waals surface area contributed by atoms with E-state index in [1.165, 1.54) is 0 Å². The van der Waals surface area contributed by atoms with Gasteiger partial charge in [0.25, 0.3) is 5.91 Å². The Morgan fingerprint density at radius 1 is 1.30 bits per heavy atom. The van der Waals surface area contributed by atoms with Crippen LogP contribution in [0.4, 0.5) is 0 Å². The molecule has 1 aromatic carbocycles. The smallest absolute Gasteiger partial charge is 0.259 e. The van der Waals surface area contributed by atoms with E-state index in [4.69, 9.17) is 11.6 Å². The third-order valence-corrected chi connectivity index (χ3v) is 3.63. The van der Waals surface area contributed by atoms with Crippen LogP contribution in [0.25, 0.3) is 0 Å². The monoisotopic (exact) mass is 296 g/mol. The highest BCUT2D eigenvalue weighted by atomic mass is 35.5. The summed E-state index contributed by atoms with van der Waals surface area (Å²) in [7, 11) is 0. The largest absolute Gasteiger partial charge is 0.393 e. The Bertz CT molecular complexity index is 499. The van der Waals surface area contributed by atoms with Crippen LogP contribution in [0.15, 0.2) is 24.3 Å². The van der Waals surface area contributed by atoms with Crippen LogP contribution in [0.3, 0.4) is 0 Å². The fourth-order valence-corrected chi connectivity index (χ4v) is 2.38. The molecule has 0 bridgehead atoms. The van der Waals surface area contributed by atoms with Gasteiger partial charge in [0.2, 0.25) is 5.91 Å².